The van der Waals surface area contributed by atoms with Gasteiger partial charge < -0.3 is 9.80 Å². The Labute approximate surface area is 206 Å². The highest BCUT2D eigenvalue weighted by atomic mass is 32.2. The van der Waals surface area contributed by atoms with Crippen LogP contribution in [0.25, 0.3) is 0 Å². The molecule has 3 atom stereocenters. The number of carbonyl (C=O) groups excluding carboxylic acids is 4. The number of aryl methyl sites for hydroxylation is 1. The topological polar surface area (TPSA) is 121 Å². The molecule has 1 aromatic rings. The zero-order valence-corrected chi connectivity index (χ0v) is 20.9. The highest BCUT2D eigenvalue weighted by molar-refractivity contribution is 7.92. The smallest absolute Gasteiger partial charge is 0.230 e. The van der Waals surface area contributed by atoms with Crippen LogP contribution in [0.3, 0.4) is 0 Å². The molecule has 0 radical (unpaired) electrons. The Balaban J connectivity index is 1.50. The molecule has 0 aromatic heterocycles. The van der Waals surface area contributed by atoms with Crippen LogP contribution in [0.4, 0.5) is 0 Å². The van der Waals surface area contributed by atoms with Crippen LogP contribution in [-0.4, -0.2) is 72.5 Å². The van der Waals surface area contributed by atoms with Gasteiger partial charge in [-0.15, -0.1) is 0 Å². The molecule has 3 fully saturated rings. The van der Waals surface area contributed by atoms with Gasteiger partial charge in [-0.25, -0.2) is 8.42 Å². The molecular weight excluding hydrogens is 470 g/mol. The molecule has 3 aliphatic heterocycles. The Kier molecular flexibility index (Phi) is 7.59. The Bertz CT molecular complexity index is 1100. The molecule has 3 saturated heterocycles. The highest BCUT2D eigenvalue weighted by Gasteiger charge is 2.39. The van der Waals surface area contributed by atoms with Crippen molar-refractivity contribution in [1.29, 1.82) is 0 Å². The summed E-state index contributed by atoms with van der Waals surface area (Å²) in [7, 11) is -3.24. The van der Waals surface area contributed by atoms with Gasteiger partial charge in [-0.3, -0.25) is 24.5 Å². The van der Waals surface area contributed by atoms with E-state index in [0.717, 1.165) is 17.5 Å². The molecule has 0 bridgehead atoms. The van der Waals surface area contributed by atoms with E-state index < -0.39 is 33.0 Å². The molecule has 0 saturated carbocycles. The van der Waals surface area contributed by atoms with Crippen LogP contribution in [0.15, 0.2) is 24.3 Å². The van der Waals surface area contributed by atoms with E-state index in [1.807, 2.05) is 24.3 Å². The van der Waals surface area contributed by atoms with Gasteiger partial charge in [0.15, 0.2) is 9.84 Å². The van der Waals surface area contributed by atoms with Crippen molar-refractivity contribution in [1.82, 2.24) is 15.1 Å². The number of piperidine rings is 1. The monoisotopic (exact) mass is 503 g/mol. The molecular formula is C25H33N3O6S. The summed E-state index contributed by atoms with van der Waals surface area (Å²) in [6.07, 6.45) is 2.54. The number of nitrogens with zero attached hydrogens (tertiary/aromatic N) is 2. The average Bonchev–Trinajstić information content (AvgIpc) is 3.17. The molecule has 4 rings (SSSR count). The van der Waals surface area contributed by atoms with E-state index in [9.17, 15) is 27.6 Å². The summed E-state index contributed by atoms with van der Waals surface area (Å²) in [5.41, 5.74) is 2.05. The number of carbonyl (C=O) groups is 4. The van der Waals surface area contributed by atoms with Crippen molar-refractivity contribution in [3.63, 3.8) is 0 Å². The Morgan fingerprint density at radius 3 is 2.40 bits per heavy atom. The molecule has 35 heavy (non-hydrogen) atoms. The predicted octanol–water partition coefficient (Wildman–Crippen LogP) is 1.37. The van der Waals surface area contributed by atoms with E-state index in [0.29, 0.717) is 32.4 Å². The number of rotatable bonds is 6. The predicted molar refractivity (Wildman–Crippen MR) is 129 cm³/mol. The third-order valence-corrected chi connectivity index (χ3v) is 9.74. The van der Waals surface area contributed by atoms with Gasteiger partial charge in [0.2, 0.25) is 23.6 Å². The first-order valence-electron chi connectivity index (χ1n) is 12.4. The fourth-order valence-electron chi connectivity index (χ4n) is 5.24. The number of amides is 4. The van der Waals surface area contributed by atoms with Gasteiger partial charge >= 0.3 is 0 Å². The molecule has 1 aromatic carbocycles. The number of nitrogens with one attached hydrogen (secondary N) is 1. The van der Waals surface area contributed by atoms with E-state index in [1.165, 1.54) is 0 Å². The normalized spacial score (nSPS) is 26.5. The van der Waals surface area contributed by atoms with Crippen molar-refractivity contribution in [3.8, 4) is 0 Å². The zero-order chi connectivity index (χ0) is 25.2. The first kappa shape index (κ1) is 25.3. The minimum Gasteiger partial charge on any atom is -0.338 e. The lowest BCUT2D eigenvalue weighted by atomic mass is 9.93. The van der Waals surface area contributed by atoms with Gasteiger partial charge in [0.05, 0.1) is 17.0 Å². The summed E-state index contributed by atoms with van der Waals surface area (Å²) in [4.78, 5) is 53.3. The van der Waals surface area contributed by atoms with E-state index in [-0.39, 0.29) is 49.3 Å². The van der Waals surface area contributed by atoms with Crippen LogP contribution in [0.5, 0.6) is 0 Å². The molecule has 3 aliphatic rings. The van der Waals surface area contributed by atoms with Crippen LogP contribution < -0.4 is 5.32 Å². The van der Waals surface area contributed by atoms with Crippen LogP contribution in [0.2, 0.25) is 0 Å². The number of imide groups is 1. The summed E-state index contributed by atoms with van der Waals surface area (Å²) in [6, 6.07) is 7.54. The standard InChI is InChI=1S/C25H33N3O6S/c1-2-17-5-7-18(8-6-17)21-16-27(23(30)14-19-9-10-22(29)26-25(19)32)11-12-28(21)24(31)15-20-4-3-13-35(20,33)34/h5-8,19-21H,2-4,9-16H2,1H3,(H,26,29,32). The van der Waals surface area contributed by atoms with Gasteiger partial charge in [0, 0.05) is 44.8 Å². The zero-order valence-electron chi connectivity index (χ0n) is 20.1. The lowest BCUT2D eigenvalue weighted by Crippen LogP contribution is -2.53. The minimum atomic E-state index is -3.24. The van der Waals surface area contributed by atoms with Crippen molar-refractivity contribution in [2.24, 2.45) is 5.92 Å². The summed E-state index contributed by atoms with van der Waals surface area (Å²) in [6.45, 7) is 2.95. The van der Waals surface area contributed by atoms with E-state index in [4.69, 9.17) is 0 Å². The fraction of sp³-hybridized carbons (Fsp3) is 0.600. The summed E-state index contributed by atoms with van der Waals surface area (Å²) < 4.78 is 24.6. The van der Waals surface area contributed by atoms with E-state index in [2.05, 4.69) is 12.2 Å². The lowest BCUT2D eigenvalue weighted by Gasteiger charge is -2.42. The highest BCUT2D eigenvalue weighted by Crippen LogP contribution is 2.30. The third kappa shape index (κ3) is 5.74. The number of hydrogen-bond acceptors (Lipinski definition) is 6. The number of piperazine rings is 1. The van der Waals surface area contributed by atoms with Gasteiger partial charge in [-0.2, -0.15) is 0 Å². The summed E-state index contributed by atoms with van der Waals surface area (Å²) >= 11 is 0. The molecule has 10 heteroatoms. The maximum Gasteiger partial charge on any atom is 0.230 e. The second kappa shape index (κ2) is 10.5. The average molecular weight is 504 g/mol. The maximum absolute atomic E-state index is 13.3. The van der Waals surface area contributed by atoms with Crippen molar-refractivity contribution in [3.05, 3.63) is 35.4 Å². The molecule has 4 amide bonds. The molecule has 1 N–H and O–H groups in total. The maximum atomic E-state index is 13.3. The SMILES string of the molecule is CCc1ccc(C2CN(C(=O)CC3CCC(=O)NC3=O)CCN2C(=O)CC2CCCS2(=O)=O)cc1. The van der Waals surface area contributed by atoms with Crippen molar-refractivity contribution >= 4 is 33.5 Å². The lowest BCUT2D eigenvalue weighted by molar-refractivity contribution is -0.146. The fourth-order valence-corrected chi connectivity index (χ4v) is 7.07. The minimum absolute atomic E-state index is 0.0227. The van der Waals surface area contributed by atoms with Crippen LogP contribution in [-0.2, 0) is 35.4 Å². The summed E-state index contributed by atoms with van der Waals surface area (Å²) in [5.74, 6) is -1.51. The van der Waals surface area contributed by atoms with Crippen molar-refractivity contribution in [2.45, 2.75) is 63.2 Å². The first-order valence-corrected chi connectivity index (χ1v) is 14.1. The quantitative estimate of drug-likeness (QED) is 0.586. The molecule has 0 spiro atoms. The van der Waals surface area contributed by atoms with Crippen molar-refractivity contribution in [2.75, 3.05) is 25.4 Å². The van der Waals surface area contributed by atoms with Crippen LogP contribution >= 0.6 is 0 Å². The number of sulfone groups is 1. The largest absolute Gasteiger partial charge is 0.338 e. The van der Waals surface area contributed by atoms with Gasteiger partial charge in [-0.05, 0) is 36.8 Å². The molecule has 3 heterocycles. The second-order valence-electron chi connectivity index (χ2n) is 9.73. The van der Waals surface area contributed by atoms with E-state index in [1.54, 1.807) is 9.80 Å². The molecule has 0 aliphatic carbocycles. The molecule has 3 unspecified atom stereocenters. The number of hydrogen-bond donors (Lipinski definition) is 1. The summed E-state index contributed by atoms with van der Waals surface area (Å²) in [5, 5.41) is 1.66. The Morgan fingerprint density at radius 1 is 1.03 bits per heavy atom. The van der Waals surface area contributed by atoms with Gasteiger partial charge in [0.1, 0.15) is 0 Å². The van der Waals surface area contributed by atoms with Crippen LogP contribution in [0, 0.1) is 5.92 Å². The first-order chi connectivity index (χ1) is 16.7. The molecule has 9 nitrogen and oxygen atoms in total. The number of benzene rings is 1. The van der Waals surface area contributed by atoms with E-state index >= 15 is 0 Å². The van der Waals surface area contributed by atoms with Crippen LogP contribution in [0.1, 0.15) is 62.6 Å². The third-order valence-electron chi connectivity index (χ3n) is 7.47. The van der Waals surface area contributed by atoms with Crippen molar-refractivity contribution < 1.29 is 27.6 Å². The second-order valence-corrected chi connectivity index (χ2v) is 12.1. The molecule has 190 valence electrons. The van der Waals surface area contributed by atoms with Gasteiger partial charge in [0.25, 0.3) is 0 Å². The Hall–Kier alpha value is -2.75. The Morgan fingerprint density at radius 2 is 1.77 bits per heavy atom. The van der Waals surface area contributed by atoms with Gasteiger partial charge in [-0.1, -0.05) is 31.2 Å².